The summed E-state index contributed by atoms with van der Waals surface area (Å²) in [6, 6.07) is 12.3. The summed E-state index contributed by atoms with van der Waals surface area (Å²) in [6.45, 7) is 2.27. The molecular weight excluding hydrogens is 238 g/mol. The fraction of sp³-hybridized carbons (Fsp3) is 0.312. The number of benzene rings is 2. The van der Waals surface area contributed by atoms with Crippen molar-refractivity contribution in [2.75, 3.05) is 11.9 Å². The molecule has 19 heavy (non-hydrogen) atoms. The van der Waals surface area contributed by atoms with E-state index >= 15 is 0 Å². The van der Waals surface area contributed by atoms with E-state index in [1.165, 1.54) is 16.3 Å². The van der Waals surface area contributed by atoms with Crippen LogP contribution < -0.4 is 5.32 Å². The lowest BCUT2D eigenvalue weighted by molar-refractivity contribution is -0.144. The molecule has 0 bridgehead atoms. The molecule has 0 radical (unpaired) electrons. The minimum atomic E-state index is -0.214. The fourth-order valence-electron chi connectivity index (χ4n) is 2.71. The smallest absolute Gasteiger partial charge is 0.328 e. The summed E-state index contributed by atoms with van der Waals surface area (Å²) >= 11 is 0. The summed E-state index contributed by atoms with van der Waals surface area (Å²) < 4.78 is 5.08. The molecule has 1 aliphatic heterocycles. The normalized spacial score (nSPS) is 17.6. The molecule has 1 atom stereocenters. The molecule has 1 aliphatic rings. The minimum absolute atomic E-state index is 0.152. The standard InChI is InChI=1S/C16H17NO2/c1-2-19-16(18)15-10-8-13-12-6-4-3-5-11(12)7-9-14(13)17-15/h3-7,9,15,17H,2,8,10H2,1H3. The van der Waals surface area contributed by atoms with Crippen molar-refractivity contribution in [2.24, 2.45) is 0 Å². The minimum Gasteiger partial charge on any atom is -0.464 e. The second-order valence-electron chi connectivity index (χ2n) is 4.80. The number of fused-ring (bicyclic) bond motifs is 3. The van der Waals surface area contributed by atoms with Crippen LogP contribution in [0.4, 0.5) is 5.69 Å². The molecule has 1 unspecified atom stereocenters. The molecule has 0 saturated carbocycles. The molecule has 0 spiro atoms. The average molecular weight is 255 g/mol. The van der Waals surface area contributed by atoms with Crippen molar-refractivity contribution in [3.05, 3.63) is 42.0 Å². The predicted octanol–water partition coefficient (Wildman–Crippen LogP) is 3.13. The molecule has 0 fully saturated rings. The second-order valence-corrected chi connectivity index (χ2v) is 4.80. The van der Waals surface area contributed by atoms with E-state index < -0.39 is 0 Å². The van der Waals surface area contributed by atoms with Crippen LogP contribution in [-0.4, -0.2) is 18.6 Å². The van der Waals surface area contributed by atoms with Gasteiger partial charge in [0.1, 0.15) is 6.04 Å². The fourth-order valence-corrected chi connectivity index (χ4v) is 2.71. The van der Waals surface area contributed by atoms with E-state index in [4.69, 9.17) is 4.74 Å². The van der Waals surface area contributed by atoms with E-state index in [0.717, 1.165) is 18.5 Å². The molecule has 0 saturated heterocycles. The highest BCUT2D eigenvalue weighted by Gasteiger charge is 2.25. The number of hydrogen-bond donors (Lipinski definition) is 1. The summed E-state index contributed by atoms with van der Waals surface area (Å²) in [5, 5.41) is 5.82. The first-order chi connectivity index (χ1) is 9.29. The predicted molar refractivity (Wildman–Crippen MR) is 76.3 cm³/mol. The van der Waals surface area contributed by atoms with Crippen LogP contribution in [0.25, 0.3) is 10.8 Å². The van der Waals surface area contributed by atoms with Crippen molar-refractivity contribution < 1.29 is 9.53 Å². The quantitative estimate of drug-likeness (QED) is 0.838. The topological polar surface area (TPSA) is 38.3 Å². The highest BCUT2D eigenvalue weighted by Crippen LogP contribution is 2.31. The first kappa shape index (κ1) is 12.0. The maximum atomic E-state index is 11.8. The number of carbonyl (C=O) groups is 1. The Morgan fingerprint density at radius 2 is 2.16 bits per heavy atom. The van der Waals surface area contributed by atoms with Crippen LogP contribution in [0.2, 0.25) is 0 Å². The summed E-state index contributed by atoms with van der Waals surface area (Å²) in [5.41, 5.74) is 2.36. The Balaban J connectivity index is 1.94. The zero-order valence-electron chi connectivity index (χ0n) is 11.0. The van der Waals surface area contributed by atoms with Crippen molar-refractivity contribution in [3.8, 4) is 0 Å². The van der Waals surface area contributed by atoms with Gasteiger partial charge in [0.25, 0.3) is 0 Å². The maximum absolute atomic E-state index is 11.8. The van der Waals surface area contributed by atoms with Crippen LogP contribution >= 0.6 is 0 Å². The van der Waals surface area contributed by atoms with E-state index in [1.54, 1.807) is 0 Å². The molecule has 1 heterocycles. The van der Waals surface area contributed by atoms with E-state index in [9.17, 15) is 4.79 Å². The lowest BCUT2D eigenvalue weighted by Crippen LogP contribution is -2.35. The molecule has 0 amide bonds. The zero-order chi connectivity index (χ0) is 13.2. The van der Waals surface area contributed by atoms with E-state index in [1.807, 2.05) is 13.0 Å². The number of nitrogens with one attached hydrogen (secondary N) is 1. The Morgan fingerprint density at radius 3 is 3.00 bits per heavy atom. The van der Waals surface area contributed by atoms with Gasteiger partial charge in [-0.1, -0.05) is 30.3 Å². The molecular formula is C16H17NO2. The summed E-state index contributed by atoms with van der Waals surface area (Å²) in [7, 11) is 0. The van der Waals surface area contributed by atoms with Crippen LogP contribution in [0.3, 0.4) is 0 Å². The van der Waals surface area contributed by atoms with Gasteiger partial charge in [-0.05, 0) is 42.2 Å². The van der Waals surface area contributed by atoms with Crippen LogP contribution in [0.1, 0.15) is 18.9 Å². The maximum Gasteiger partial charge on any atom is 0.328 e. The summed E-state index contributed by atoms with van der Waals surface area (Å²) in [6.07, 6.45) is 1.70. The number of carbonyl (C=O) groups excluding carboxylic acids is 1. The molecule has 98 valence electrons. The van der Waals surface area contributed by atoms with Gasteiger partial charge in [0.05, 0.1) is 6.61 Å². The van der Waals surface area contributed by atoms with Crippen LogP contribution in [-0.2, 0) is 16.0 Å². The Bertz CT molecular complexity index is 621. The monoisotopic (exact) mass is 255 g/mol. The number of hydrogen-bond acceptors (Lipinski definition) is 3. The number of aryl methyl sites for hydroxylation is 1. The SMILES string of the molecule is CCOC(=O)C1CCc2c(ccc3ccccc23)N1. The third kappa shape index (κ3) is 2.16. The number of ether oxygens (including phenoxy) is 1. The molecule has 0 aromatic heterocycles. The van der Waals surface area contributed by atoms with Gasteiger partial charge in [-0.3, -0.25) is 0 Å². The van der Waals surface area contributed by atoms with Gasteiger partial charge < -0.3 is 10.1 Å². The van der Waals surface area contributed by atoms with Crippen molar-refractivity contribution in [2.45, 2.75) is 25.8 Å². The van der Waals surface area contributed by atoms with Crippen LogP contribution in [0.15, 0.2) is 36.4 Å². The Hall–Kier alpha value is -2.03. The molecule has 2 aromatic carbocycles. The molecule has 3 nitrogen and oxygen atoms in total. The average Bonchev–Trinajstić information content (AvgIpc) is 2.46. The van der Waals surface area contributed by atoms with E-state index in [0.29, 0.717) is 6.61 Å². The van der Waals surface area contributed by atoms with Crippen molar-refractivity contribution in [3.63, 3.8) is 0 Å². The van der Waals surface area contributed by atoms with Crippen molar-refractivity contribution in [1.82, 2.24) is 0 Å². The van der Waals surface area contributed by atoms with Crippen molar-refractivity contribution >= 4 is 22.4 Å². The van der Waals surface area contributed by atoms with Crippen molar-refractivity contribution in [1.29, 1.82) is 0 Å². The summed E-state index contributed by atoms with van der Waals surface area (Å²) in [5.74, 6) is -0.152. The number of rotatable bonds is 2. The molecule has 0 aliphatic carbocycles. The highest BCUT2D eigenvalue weighted by atomic mass is 16.5. The van der Waals surface area contributed by atoms with Crippen LogP contribution in [0.5, 0.6) is 0 Å². The van der Waals surface area contributed by atoms with Gasteiger partial charge >= 0.3 is 5.97 Å². The Morgan fingerprint density at radius 1 is 1.32 bits per heavy atom. The van der Waals surface area contributed by atoms with Gasteiger partial charge in [0, 0.05) is 5.69 Å². The lowest BCUT2D eigenvalue weighted by Gasteiger charge is -2.26. The highest BCUT2D eigenvalue weighted by molar-refractivity contribution is 5.92. The first-order valence-corrected chi connectivity index (χ1v) is 6.73. The third-order valence-corrected chi connectivity index (χ3v) is 3.62. The molecule has 3 rings (SSSR count). The van der Waals surface area contributed by atoms with Crippen LogP contribution in [0, 0.1) is 0 Å². The molecule has 3 heteroatoms. The Labute approximate surface area is 112 Å². The van der Waals surface area contributed by atoms with Gasteiger partial charge in [-0.25, -0.2) is 4.79 Å². The number of anilines is 1. The first-order valence-electron chi connectivity index (χ1n) is 6.73. The largest absolute Gasteiger partial charge is 0.464 e. The molecule has 1 N–H and O–H groups in total. The van der Waals surface area contributed by atoms with E-state index in [2.05, 4.69) is 35.6 Å². The second kappa shape index (κ2) is 4.92. The lowest BCUT2D eigenvalue weighted by atomic mass is 9.93. The Kier molecular flexibility index (Phi) is 3.11. The third-order valence-electron chi connectivity index (χ3n) is 3.62. The van der Waals surface area contributed by atoms with Gasteiger partial charge in [0.2, 0.25) is 0 Å². The van der Waals surface area contributed by atoms with Gasteiger partial charge in [-0.2, -0.15) is 0 Å². The van der Waals surface area contributed by atoms with Gasteiger partial charge in [-0.15, -0.1) is 0 Å². The zero-order valence-corrected chi connectivity index (χ0v) is 11.0. The molecule has 2 aromatic rings. The van der Waals surface area contributed by atoms with E-state index in [-0.39, 0.29) is 12.0 Å². The van der Waals surface area contributed by atoms with Gasteiger partial charge in [0.15, 0.2) is 0 Å². The number of esters is 1. The summed E-state index contributed by atoms with van der Waals surface area (Å²) in [4.78, 5) is 11.8.